The molecule has 20 heavy (non-hydrogen) atoms. The van der Waals surface area contributed by atoms with E-state index in [-0.39, 0.29) is 24.2 Å². The maximum Gasteiger partial charge on any atom is 0.322 e. The summed E-state index contributed by atoms with van der Waals surface area (Å²) in [7, 11) is 0. The van der Waals surface area contributed by atoms with E-state index in [1.807, 2.05) is 4.90 Å². The maximum absolute atomic E-state index is 12.4. The maximum atomic E-state index is 12.4. The van der Waals surface area contributed by atoms with Gasteiger partial charge in [-0.2, -0.15) is 5.26 Å². The van der Waals surface area contributed by atoms with E-state index in [0.717, 1.165) is 25.7 Å². The predicted octanol–water partition coefficient (Wildman–Crippen LogP) is 2.04. The van der Waals surface area contributed by atoms with Crippen LogP contribution in [0.4, 0.5) is 10.5 Å². The molecule has 2 heterocycles. The highest BCUT2D eigenvalue weighted by molar-refractivity contribution is 5.90. The lowest BCUT2D eigenvalue weighted by Gasteiger charge is -2.37. The first-order chi connectivity index (χ1) is 9.67. The SMILES string of the molecule is N#Cc1cccc(NC(=O)N2C3CCC2CC(N)C3)c1. The highest BCUT2D eigenvalue weighted by Crippen LogP contribution is 2.35. The highest BCUT2D eigenvalue weighted by atomic mass is 16.2. The van der Waals surface area contributed by atoms with Gasteiger partial charge in [-0.1, -0.05) is 6.07 Å². The molecule has 5 nitrogen and oxygen atoms in total. The van der Waals surface area contributed by atoms with Gasteiger partial charge in [-0.3, -0.25) is 0 Å². The summed E-state index contributed by atoms with van der Waals surface area (Å²) < 4.78 is 0. The summed E-state index contributed by atoms with van der Waals surface area (Å²) in [4.78, 5) is 14.4. The van der Waals surface area contributed by atoms with Gasteiger partial charge in [-0.05, 0) is 43.9 Å². The Morgan fingerprint density at radius 3 is 2.70 bits per heavy atom. The van der Waals surface area contributed by atoms with E-state index in [1.54, 1.807) is 24.3 Å². The van der Waals surface area contributed by atoms with Gasteiger partial charge in [0, 0.05) is 23.8 Å². The van der Waals surface area contributed by atoms with E-state index in [0.29, 0.717) is 11.3 Å². The minimum absolute atomic E-state index is 0.0699. The summed E-state index contributed by atoms with van der Waals surface area (Å²) in [5.74, 6) is 0. The van der Waals surface area contributed by atoms with Crippen molar-refractivity contribution in [3.8, 4) is 6.07 Å². The summed E-state index contributed by atoms with van der Waals surface area (Å²) in [6, 6.07) is 9.74. The van der Waals surface area contributed by atoms with Crippen LogP contribution in [-0.4, -0.2) is 29.1 Å². The number of nitrogens with two attached hydrogens (primary N) is 1. The lowest BCUT2D eigenvalue weighted by Crippen LogP contribution is -2.51. The molecular formula is C15H18N4O. The van der Waals surface area contributed by atoms with Crippen LogP contribution in [0.2, 0.25) is 0 Å². The van der Waals surface area contributed by atoms with Crippen LogP contribution in [0.25, 0.3) is 0 Å². The summed E-state index contributed by atoms with van der Waals surface area (Å²) in [5, 5.41) is 11.8. The molecule has 0 saturated carbocycles. The Labute approximate surface area is 118 Å². The van der Waals surface area contributed by atoms with E-state index in [4.69, 9.17) is 11.0 Å². The van der Waals surface area contributed by atoms with Crippen molar-refractivity contribution in [2.45, 2.75) is 43.8 Å². The van der Waals surface area contributed by atoms with Crippen LogP contribution < -0.4 is 11.1 Å². The van der Waals surface area contributed by atoms with Gasteiger partial charge in [0.2, 0.25) is 0 Å². The topological polar surface area (TPSA) is 82.2 Å². The monoisotopic (exact) mass is 270 g/mol. The Hall–Kier alpha value is -2.06. The fourth-order valence-corrected chi connectivity index (χ4v) is 3.41. The first-order valence-corrected chi connectivity index (χ1v) is 7.02. The number of hydrogen-bond donors (Lipinski definition) is 2. The number of benzene rings is 1. The Morgan fingerprint density at radius 2 is 2.05 bits per heavy atom. The third-order valence-electron chi connectivity index (χ3n) is 4.25. The van der Waals surface area contributed by atoms with Crippen molar-refractivity contribution < 1.29 is 4.79 Å². The van der Waals surface area contributed by atoms with E-state index >= 15 is 0 Å². The molecule has 2 atom stereocenters. The molecular weight excluding hydrogens is 252 g/mol. The minimum Gasteiger partial charge on any atom is -0.328 e. The van der Waals surface area contributed by atoms with Gasteiger partial charge in [0.1, 0.15) is 0 Å². The molecule has 0 radical (unpaired) electrons. The van der Waals surface area contributed by atoms with Gasteiger partial charge in [0.25, 0.3) is 0 Å². The second-order valence-electron chi connectivity index (χ2n) is 5.65. The van der Waals surface area contributed by atoms with E-state index in [1.165, 1.54) is 0 Å². The number of carbonyl (C=O) groups is 1. The van der Waals surface area contributed by atoms with Crippen LogP contribution in [0.5, 0.6) is 0 Å². The van der Waals surface area contributed by atoms with Crippen molar-refractivity contribution in [2.75, 3.05) is 5.32 Å². The molecule has 5 heteroatoms. The summed E-state index contributed by atoms with van der Waals surface area (Å²) in [6.07, 6.45) is 3.87. The standard InChI is InChI=1S/C15H18N4O/c16-9-10-2-1-3-12(6-10)18-15(20)19-13-4-5-14(19)8-11(17)7-13/h1-3,6,11,13-14H,4-5,7-8,17H2,(H,18,20). The first-order valence-electron chi connectivity index (χ1n) is 7.02. The number of nitrogens with zero attached hydrogens (tertiary/aromatic N) is 2. The van der Waals surface area contributed by atoms with Crippen molar-refractivity contribution >= 4 is 11.7 Å². The summed E-state index contributed by atoms with van der Waals surface area (Å²) >= 11 is 0. The molecule has 3 rings (SSSR count). The zero-order chi connectivity index (χ0) is 14.1. The Balaban J connectivity index is 1.72. The molecule has 2 saturated heterocycles. The second kappa shape index (κ2) is 5.14. The highest BCUT2D eigenvalue weighted by Gasteiger charge is 2.42. The second-order valence-corrected chi connectivity index (χ2v) is 5.65. The van der Waals surface area contributed by atoms with Crippen LogP contribution in [-0.2, 0) is 0 Å². The lowest BCUT2D eigenvalue weighted by atomic mass is 9.99. The molecule has 104 valence electrons. The lowest BCUT2D eigenvalue weighted by molar-refractivity contribution is 0.150. The number of urea groups is 1. The molecule has 2 unspecified atom stereocenters. The van der Waals surface area contributed by atoms with Crippen LogP contribution in [0.3, 0.4) is 0 Å². The molecule has 2 amide bonds. The number of nitriles is 1. The normalized spacial score (nSPS) is 28.0. The van der Waals surface area contributed by atoms with Crippen LogP contribution in [0.15, 0.2) is 24.3 Å². The Kier molecular flexibility index (Phi) is 3.33. The van der Waals surface area contributed by atoms with Gasteiger partial charge >= 0.3 is 6.03 Å². The molecule has 2 fully saturated rings. The number of anilines is 1. The summed E-state index contributed by atoms with van der Waals surface area (Å²) in [6.45, 7) is 0. The first kappa shape index (κ1) is 12.9. The van der Waals surface area contributed by atoms with E-state index < -0.39 is 0 Å². The zero-order valence-corrected chi connectivity index (χ0v) is 11.2. The number of carbonyl (C=O) groups excluding carboxylic acids is 1. The van der Waals surface area contributed by atoms with Crippen LogP contribution in [0, 0.1) is 11.3 Å². The number of hydrogen-bond acceptors (Lipinski definition) is 3. The number of fused-ring (bicyclic) bond motifs is 2. The number of nitrogens with one attached hydrogen (secondary N) is 1. The van der Waals surface area contributed by atoms with Gasteiger partial charge in [-0.25, -0.2) is 4.79 Å². The third-order valence-corrected chi connectivity index (χ3v) is 4.25. The number of rotatable bonds is 1. The average Bonchev–Trinajstić information content (AvgIpc) is 2.71. The zero-order valence-electron chi connectivity index (χ0n) is 11.2. The van der Waals surface area contributed by atoms with Crippen molar-refractivity contribution in [1.82, 2.24) is 4.90 Å². The molecule has 0 spiro atoms. The molecule has 1 aromatic rings. The molecule has 2 aliphatic heterocycles. The predicted molar refractivity (Wildman–Crippen MR) is 76.0 cm³/mol. The number of amides is 2. The molecule has 3 N–H and O–H groups in total. The smallest absolute Gasteiger partial charge is 0.322 e. The van der Waals surface area contributed by atoms with Crippen molar-refractivity contribution in [1.29, 1.82) is 5.26 Å². The fraction of sp³-hybridized carbons (Fsp3) is 0.467. The van der Waals surface area contributed by atoms with Gasteiger partial charge < -0.3 is 16.0 Å². The molecule has 1 aromatic carbocycles. The summed E-state index contributed by atoms with van der Waals surface area (Å²) in [5.41, 5.74) is 7.23. The molecule has 0 aromatic heterocycles. The van der Waals surface area contributed by atoms with Crippen molar-refractivity contribution in [2.24, 2.45) is 5.73 Å². The van der Waals surface area contributed by atoms with Gasteiger partial charge in [0.15, 0.2) is 0 Å². The quantitative estimate of drug-likeness (QED) is 0.819. The molecule has 0 aliphatic carbocycles. The Morgan fingerprint density at radius 1 is 1.35 bits per heavy atom. The fourth-order valence-electron chi connectivity index (χ4n) is 3.41. The van der Waals surface area contributed by atoms with Gasteiger partial charge in [0.05, 0.1) is 11.6 Å². The van der Waals surface area contributed by atoms with Crippen molar-refractivity contribution in [3.63, 3.8) is 0 Å². The Bertz CT molecular complexity index is 551. The molecule has 2 bridgehead atoms. The van der Waals surface area contributed by atoms with Gasteiger partial charge in [-0.15, -0.1) is 0 Å². The number of piperidine rings is 1. The van der Waals surface area contributed by atoms with Crippen LogP contribution >= 0.6 is 0 Å². The van der Waals surface area contributed by atoms with Crippen LogP contribution in [0.1, 0.15) is 31.2 Å². The third kappa shape index (κ3) is 2.35. The molecule has 2 aliphatic rings. The van der Waals surface area contributed by atoms with Crippen molar-refractivity contribution in [3.05, 3.63) is 29.8 Å². The van der Waals surface area contributed by atoms with E-state index in [2.05, 4.69) is 11.4 Å². The van der Waals surface area contributed by atoms with E-state index in [9.17, 15) is 4.79 Å². The largest absolute Gasteiger partial charge is 0.328 e. The average molecular weight is 270 g/mol. The minimum atomic E-state index is -0.0699.